The molecule has 4 rings (SSSR count). The molecule has 2 aliphatic heterocycles. The molecule has 0 radical (unpaired) electrons. The molecular weight excluding hydrogens is 396 g/mol. The van der Waals surface area contributed by atoms with Crippen molar-refractivity contribution in [2.45, 2.75) is 12.5 Å². The van der Waals surface area contributed by atoms with Crippen LogP contribution in [0.3, 0.4) is 0 Å². The fourth-order valence-electron chi connectivity index (χ4n) is 4.04. The van der Waals surface area contributed by atoms with Gasteiger partial charge in [0.15, 0.2) is 0 Å². The molecule has 0 spiro atoms. The molecule has 2 saturated heterocycles. The lowest BCUT2D eigenvalue weighted by Crippen LogP contribution is -2.53. The number of ether oxygens (including phenoxy) is 2. The van der Waals surface area contributed by atoms with E-state index in [9.17, 15) is 9.59 Å². The second kappa shape index (κ2) is 9.16. The van der Waals surface area contributed by atoms with Crippen molar-refractivity contribution in [3.63, 3.8) is 0 Å². The summed E-state index contributed by atoms with van der Waals surface area (Å²) < 4.78 is 10.4. The maximum Gasteiger partial charge on any atom is 0.317 e. The van der Waals surface area contributed by atoms with Gasteiger partial charge in [0.2, 0.25) is 5.91 Å². The largest absolute Gasteiger partial charge is 0.497 e. The van der Waals surface area contributed by atoms with Crippen LogP contribution in [0.5, 0.6) is 11.5 Å². The number of urea groups is 1. The van der Waals surface area contributed by atoms with E-state index < -0.39 is 0 Å². The molecule has 2 aliphatic rings. The van der Waals surface area contributed by atoms with Crippen LogP contribution < -0.4 is 24.6 Å². The average molecular weight is 425 g/mol. The van der Waals surface area contributed by atoms with Gasteiger partial charge in [0.1, 0.15) is 11.5 Å². The summed E-state index contributed by atoms with van der Waals surface area (Å²) in [5.41, 5.74) is 1.94. The lowest BCUT2D eigenvalue weighted by atomic mass is 10.2. The predicted molar refractivity (Wildman–Crippen MR) is 119 cm³/mol. The molecular formula is C23H28N4O4. The Kier molecular flexibility index (Phi) is 6.16. The lowest BCUT2D eigenvalue weighted by Gasteiger charge is -2.36. The minimum Gasteiger partial charge on any atom is -0.497 e. The van der Waals surface area contributed by atoms with Gasteiger partial charge >= 0.3 is 6.03 Å². The topological polar surface area (TPSA) is 74.4 Å². The van der Waals surface area contributed by atoms with E-state index in [-0.39, 0.29) is 18.0 Å². The maximum atomic E-state index is 12.7. The van der Waals surface area contributed by atoms with Gasteiger partial charge in [-0.05, 0) is 48.5 Å². The number of benzene rings is 2. The normalized spacial score (nSPS) is 18.8. The van der Waals surface area contributed by atoms with Crippen LogP contribution >= 0.6 is 0 Å². The molecule has 1 N–H and O–H groups in total. The van der Waals surface area contributed by atoms with Gasteiger partial charge < -0.3 is 29.5 Å². The first-order valence-electron chi connectivity index (χ1n) is 10.5. The molecule has 2 heterocycles. The first kappa shape index (κ1) is 20.8. The van der Waals surface area contributed by atoms with Gasteiger partial charge in [0, 0.05) is 50.5 Å². The quantitative estimate of drug-likeness (QED) is 0.798. The van der Waals surface area contributed by atoms with Gasteiger partial charge in [-0.3, -0.25) is 4.79 Å². The number of nitrogens with zero attached hydrogens (tertiary/aromatic N) is 3. The highest BCUT2D eigenvalue weighted by molar-refractivity contribution is 5.96. The van der Waals surface area contributed by atoms with Crippen molar-refractivity contribution >= 4 is 23.3 Å². The van der Waals surface area contributed by atoms with Gasteiger partial charge in [-0.25, -0.2) is 4.79 Å². The van der Waals surface area contributed by atoms with E-state index in [2.05, 4.69) is 10.2 Å². The number of nitrogens with one attached hydrogen (secondary N) is 1. The van der Waals surface area contributed by atoms with E-state index in [0.29, 0.717) is 26.1 Å². The molecule has 1 atom stereocenters. The van der Waals surface area contributed by atoms with Crippen molar-refractivity contribution in [2.75, 3.05) is 56.7 Å². The lowest BCUT2D eigenvalue weighted by molar-refractivity contribution is -0.117. The molecule has 2 aromatic carbocycles. The van der Waals surface area contributed by atoms with E-state index in [0.717, 1.165) is 36.0 Å². The third kappa shape index (κ3) is 4.68. The summed E-state index contributed by atoms with van der Waals surface area (Å²) in [5.74, 6) is 1.59. The van der Waals surface area contributed by atoms with Crippen molar-refractivity contribution in [3.8, 4) is 11.5 Å². The smallest absolute Gasteiger partial charge is 0.317 e. The summed E-state index contributed by atoms with van der Waals surface area (Å²) in [5, 5.41) is 3.04. The van der Waals surface area contributed by atoms with Crippen LogP contribution in [0.15, 0.2) is 48.5 Å². The van der Waals surface area contributed by atoms with E-state index in [1.54, 1.807) is 19.1 Å². The summed E-state index contributed by atoms with van der Waals surface area (Å²) in [6, 6.07) is 15.0. The maximum absolute atomic E-state index is 12.7. The first-order chi connectivity index (χ1) is 15.1. The Morgan fingerprint density at radius 3 is 1.97 bits per heavy atom. The molecule has 0 aromatic heterocycles. The van der Waals surface area contributed by atoms with Crippen LogP contribution in [0.1, 0.15) is 6.42 Å². The SMILES string of the molecule is COc1ccc(N2CCN(C(=O)N[C@@H]3CC(=O)N(c4ccc(OC)cc4)C3)CC2)cc1. The van der Waals surface area contributed by atoms with E-state index in [1.807, 2.05) is 53.4 Å². The zero-order chi connectivity index (χ0) is 21.8. The highest BCUT2D eigenvalue weighted by atomic mass is 16.5. The van der Waals surface area contributed by atoms with E-state index >= 15 is 0 Å². The Balaban J connectivity index is 1.28. The summed E-state index contributed by atoms with van der Waals surface area (Å²) in [7, 11) is 3.26. The summed E-state index contributed by atoms with van der Waals surface area (Å²) in [4.78, 5) is 31.0. The zero-order valence-corrected chi connectivity index (χ0v) is 17.9. The Hall–Kier alpha value is -3.42. The number of hydrogen-bond acceptors (Lipinski definition) is 5. The number of carbonyl (C=O) groups excluding carboxylic acids is 2. The van der Waals surface area contributed by atoms with Gasteiger partial charge in [-0.2, -0.15) is 0 Å². The number of amides is 3. The van der Waals surface area contributed by atoms with E-state index in [1.165, 1.54) is 0 Å². The highest BCUT2D eigenvalue weighted by Gasteiger charge is 2.33. The first-order valence-corrected chi connectivity index (χ1v) is 10.5. The van der Waals surface area contributed by atoms with Crippen molar-refractivity contribution in [1.82, 2.24) is 10.2 Å². The molecule has 2 fully saturated rings. The monoisotopic (exact) mass is 424 g/mol. The molecule has 2 aromatic rings. The number of methoxy groups -OCH3 is 2. The Morgan fingerprint density at radius 1 is 0.871 bits per heavy atom. The minimum atomic E-state index is -0.193. The van der Waals surface area contributed by atoms with Crippen LogP contribution in [0.4, 0.5) is 16.2 Å². The predicted octanol–water partition coefficient (Wildman–Crippen LogP) is 2.34. The number of carbonyl (C=O) groups is 2. The molecule has 31 heavy (non-hydrogen) atoms. The summed E-state index contributed by atoms with van der Waals surface area (Å²) in [6.45, 7) is 3.28. The zero-order valence-electron chi connectivity index (χ0n) is 17.9. The van der Waals surface area contributed by atoms with Crippen LogP contribution in [0.25, 0.3) is 0 Å². The minimum absolute atomic E-state index is 0.0137. The molecule has 0 unspecified atom stereocenters. The fourth-order valence-corrected chi connectivity index (χ4v) is 4.04. The van der Waals surface area contributed by atoms with Crippen LogP contribution in [-0.2, 0) is 4.79 Å². The van der Waals surface area contributed by atoms with Gasteiger partial charge in [0.25, 0.3) is 0 Å². The second-order valence-corrected chi connectivity index (χ2v) is 7.73. The molecule has 3 amide bonds. The Labute approximate surface area is 182 Å². The van der Waals surface area contributed by atoms with Crippen LogP contribution in [0.2, 0.25) is 0 Å². The fraction of sp³-hybridized carbons (Fsp3) is 0.391. The van der Waals surface area contributed by atoms with Gasteiger partial charge in [-0.1, -0.05) is 0 Å². The number of rotatable bonds is 5. The summed E-state index contributed by atoms with van der Waals surface area (Å²) >= 11 is 0. The molecule has 164 valence electrons. The molecule has 0 bridgehead atoms. The highest BCUT2D eigenvalue weighted by Crippen LogP contribution is 2.24. The molecule has 0 saturated carbocycles. The van der Waals surface area contributed by atoms with Crippen molar-refractivity contribution < 1.29 is 19.1 Å². The van der Waals surface area contributed by atoms with Gasteiger partial charge in [0.05, 0.1) is 20.3 Å². The number of hydrogen-bond donors (Lipinski definition) is 1. The Morgan fingerprint density at radius 2 is 1.42 bits per heavy atom. The average Bonchev–Trinajstić information content (AvgIpc) is 3.19. The van der Waals surface area contributed by atoms with Crippen molar-refractivity contribution in [2.24, 2.45) is 0 Å². The second-order valence-electron chi connectivity index (χ2n) is 7.73. The van der Waals surface area contributed by atoms with E-state index in [4.69, 9.17) is 9.47 Å². The van der Waals surface area contributed by atoms with Crippen LogP contribution in [-0.4, -0.2) is 69.8 Å². The number of anilines is 2. The van der Waals surface area contributed by atoms with Crippen molar-refractivity contribution in [1.29, 1.82) is 0 Å². The Bertz CT molecular complexity index is 908. The molecule has 8 heteroatoms. The standard InChI is InChI=1S/C23H28N4O4/c1-30-20-7-3-18(4-8-20)25-11-13-26(14-12-25)23(29)24-17-15-22(28)27(16-17)19-5-9-21(31-2)10-6-19/h3-10,17H,11-16H2,1-2H3,(H,24,29)/t17-/m1/s1. The third-order valence-electron chi connectivity index (χ3n) is 5.84. The molecule has 0 aliphatic carbocycles. The third-order valence-corrected chi connectivity index (χ3v) is 5.84. The van der Waals surface area contributed by atoms with Crippen LogP contribution in [0, 0.1) is 0 Å². The van der Waals surface area contributed by atoms with Gasteiger partial charge in [-0.15, -0.1) is 0 Å². The summed E-state index contributed by atoms with van der Waals surface area (Å²) in [6.07, 6.45) is 0.309. The molecule has 8 nitrogen and oxygen atoms in total. The van der Waals surface area contributed by atoms with Crippen molar-refractivity contribution in [3.05, 3.63) is 48.5 Å². The number of piperazine rings is 1.